The maximum absolute atomic E-state index is 13.0. The van der Waals surface area contributed by atoms with Crippen molar-refractivity contribution < 1.29 is 30.0 Å². The first-order valence-electron chi connectivity index (χ1n) is 11.4. The summed E-state index contributed by atoms with van der Waals surface area (Å²) in [6, 6.07) is 26.8. The third-order valence-corrected chi connectivity index (χ3v) is 6.73. The molecule has 5 atom stereocenters. The van der Waals surface area contributed by atoms with Crippen LogP contribution in [0.25, 0.3) is 0 Å². The van der Waals surface area contributed by atoms with Gasteiger partial charge in [-0.1, -0.05) is 91.0 Å². The van der Waals surface area contributed by atoms with Crippen molar-refractivity contribution in [3.63, 3.8) is 0 Å². The molecule has 3 aromatic carbocycles. The third kappa shape index (κ3) is 4.19. The fourth-order valence-corrected chi connectivity index (χ4v) is 5.05. The van der Waals surface area contributed by atoms with Gasteiger partial charge in [0.1, 0.15) is 11.7 Å². The van der Waals surface area contributed by atoms with Crippen molar-refractivity contribution in [3.8, 4) is 0 Å². The summed E-state index contributed by atoms with van der Waals surface area (Å²) in [6.45, 7) is 1.11. The van der Waals surface area contributed by atoms with E-state index in [4.69, 9.17) is 4.74 Å². The molecule has 0 bridgehead atoms. The molecule has 0 aliphatic carbocycles. The van der Waals surface area contributed by atoms with Crippen molar-refractivity contribution in [2.24, 2.45) is 0 Å². The van der Waals surface area contributed by atoms with Crippen LogP contribution in [0, 0.1) is 0 Å². The number of carbonyl (C=O) groups excluding carboxylic acids is 1. The van der Waals surface area contributed by atoms with Gasteiger partial charge in [-0.2, -0.15) is 0 Å². The molecule has 0 radical (unpaired) electrons. The Morgan fingerprint density at radius 1 is 0.794 bits per heavy atom. The average molecular weight is 463 g/mol. The molecule has 1 aliphatic heterocycles. The molecular formula is C28H30O6. The molecule has 34 heavy (non-hydrogen) atoms. The zero-order chi connectivity index (χ0) is 24.4. The molecule has 0 saturated carbocycles. The predicted molar refractivity (Wildman–Crippen MR) is 127 cm³/mol. The fraction of sp³-hybridized carbons (Fsp3) is 0.321. The highest BCUT2D eigenvalue weighted by atomic mass is 16.7. The summed E-state index contributed by atoms with van der Waals surface area (Å²) < 4.78 is 5.94. The normalized spacial score (nSPS) is 29.6. The summed E-state index contributed by atoms with van der Waals surface area (Å²) in [5.74, 6) is -3.31. The lowest BCUT2D eigenvalue weighted by Crippen LogP contribution is -2.70. The van der Waals surface area contributed by atoms with Crippen molar-refractivity contribution in [3.05, 3.63) is 108 Å². The smallest absolute Gasteiger partial charge is 0.209 e. The summed E-state index contributed by atoms with van der Waals surface area (Å²) in [6.07, 6.45) is -3.13. The second-order valence-corrected chi connectivity index (χ2v) is 9.10. The lowest BCUT2D eigenvalue weighted by atomic mass is 9.68. The first-order valence-corrected chi connectivity index (χ1v) is 11.4. The SMILES string of the molecule is CC(=O)[C@]1(O)[C@](O)(Cc2ccccc2)O[C@H](C(O)Cc2ccccc2)[C@@]1(O)Cc1ccccc1. The van der Waals surface area contributed by atoms with E-state index >= 15 is 0 Å². The van der Waals surface area contributed by atoms with E-state index in [1.54, 1.807) is 54.6 Å². The second kappa shape index (κ2) is 9.41. The summed E-state index contributed by atoms with van der Waals surface area (Å²) in [5, 5.41) is 46.7. The lowest BCUT2D eigenvalue weighted by molar-refractivity contribution is -0.265. The Morgan fingerprint density at radius 3 is 1.71 bits per heavy atom. The van der Waals surface area contributed by atoms with Crippen LogP contribution in [0.4, 0.5) is 0 Å². The molecule has 1 aliphatic rings. The lowest BCUT2D eigenvalue weighted by Gasteiger charge is -2.42. The molecule has 1 saturated heterocycles. The van der Waals surface area contributed by atoms with Gasteiger partial charge in [0, 0.05) is 19.3 Å². The number of ether oxygens (including phenoxy) is 1. The topological polar surface area (TPSA) is 107 Å². The van der Waals surface area contributed by atoms with E-state index in [0.717, 1.165) is 12.5 Å². The third-order valence-electron chi connectivity index (χ3n) is 6.73. The van der Waals surface area contributed by atoms with Gasteiger partial charge >= 0.3 is 0 Å². The van der Waals surface area contributed by atoms with E-state index in [2.05, 4.69) is 0 Å². The molecule has 4 rings (SSSR count). The molecule has 6 heteroatoms. The van der Waals surface area contributed by atoms with E-state index in [0.29, 0.717) is 11.1 Å². The number of rotatable bonds is 8. The number of hydrogen-bond donors (Lipinski definition) is 4. The van der Waals surface area contributed by atoms with Crippen LogP contribution in [0.1, 0.15) is 23.6 Å². The molecule has 3 aromatic rings. The van der Waals surface area contributed by atoms with Crippen LogP contribution in [0.2, 0.25) is 0 Å². The van der Waals surface area contributed by atoms with Gasteiger partial charge in [-0.25, -0.2) is 0 Å². The van der Waals surface area contributed by atoms with Crippen LogP contribution in [0.3, 0.4) is 0 Å². The minimum atomic E-state index is -2.70. The van der Waals surface area contributed by atoms with E-state index in [-0.39, 0.29) is 19.3 Å². The van der Waals surface area contributed by atoms with Crippen molar-refractivity contribution >= 4 is 5.78 Å². The van der Waals surface area contributed by atoms with Crippen LogP contribution >= 0.6 is 0 Å². The Labute approximate surface area is 199 Å². The van der Waals surface area contributed by atoms with Crippen LogP contribution in [-0.2, 0) is 28.8 Å². The monoisotopic (exact) mass is 462 g/mol. The minimum absolute atomic E-state index is 0.0952. The summed E-state index contributed by atoms with van der Waals surface area (Å²) in [4.78, 5) is 13.0. The largest absolute Gasteiger partial charge is 0.390 e. The summed E-state index contributed by atoms with van der Waals surface area (Å²) >= 11 is 0. The van der Waals surface area contributed by atoms with E-state index in [1.165, 1.54) is 0 Å². The maximum atomic E-state index is 13.0. The molecule has 4 N–H and O–H groups in total. The fourth-order valence-electron chi connectivity index (χ4n) is 5.05. The van der Waals surface area contributed by atoms with Gasteiger partial charge < -0.3 is 25.2 Å². The van der Waals surface area contributed by atoms with Crippen molar-refractivity contribution in [1.29, 1.82) is 0 Å². The van der Waals surface area contributed by atoms with Gasteiger partial charge in [0.25, 0.3) is 0 Å². The molecule has 178 valence electrons. The number of aliphatic hydroxyl groups excluding tert-OH is 1. The van der Waals surface area contributed by atoms with Crippen LogP contribution in [0.5, 0.6) is 0 Å². The molecule has 6 nitrogen and oxygen atoms in total. The molecular weight excluding hydrogens is 432 g/mol. The Morgan fingerprint density at radius 2 is 1.24 bits per heavy atom. The van der Waals surface area contributed by atoms with Crippen molar-refractivity contribution in [1.82, 2.24) is 0 Å². The Balaban J connectivity index is 1.80. The van der Waals surface area contributed by atoms with Crippen LogP contribution in [0.15, 0.2) is 91.0 Å². The minimum Gasteiger partial charge on any atom is -0.390 e. The standard InChI is InChI=1S/C28H30O6/c1-20(29)28(33)26(31,18-22-13-7-3-8-14-22)25(24(30)17-21-11-5-2-6-12-21)34-27(28,32)19-23-15-9-4-10-16-23/h2-16,24-25,30-33H,17-19H2,1H3/t24?,25-,26+,27+,28-/m1/s1. The van der Waals surface area contributed by atoms with E-state index in [9.17, 15) is 25.2 Å². The maximum Gasteiger partial charge on any atom is 0.209 e. The van der Waals surface area contributed by atoms with Crippen molar-refractivity contribution in [2.75, 3.05) is 0 Å². The molecule has 0 amide bonds. The van der Waals surface area contributed by atoms with E-state index < -0.39 is 35.0 Å². The highest BCUT2D eigenvalue weighted by Gasteiger charge is 2.76. The number of benzene rings is 3. The highest BCUT2D eigenvalue weighted by Crippen LogP contribution is 2.50. The van der Waals surface area contributed by atoms with Crippen LogP contribution in [-0.4, -0.2) is 55.4 Å². The van der Waals surface area contributed by atoms with Gasteiger partial charge in [-0.3, -0.25) is 4.79 Å². The molecule has 1 heterocycles. The zero-order valence-electron chi connectivity index (χ0n) is 19.0. The Bertz CT molecular complexity index is 1110. The zero-order valence-corrected chi connectivity index (χ0v) is 19.0. The predicted octanol–water partition coefficient (Wildman–Crippen LogP) is 2.21. The number of Topliss-reactive ketones (excluding diaryl/α,β-unsaturated/α-hetero) is 1. The Kier molecular flexibility index (Phi) is 6.71. The second-order valence-electron chi connectivity index (χ2n) is 9.10. The molecule has 1 unspecified atom stereocenters. The molecule has 0 aromatic heterocycles. The van der Waals surface area contributed by atoms with Gasteiger partial charge in [0.05, 0.1) is 6.10 Å². The molecule has 1 fully saturated rings. The number of carbonyl (C=O) groups is 1. The average Bonchev–Trinajstić information content (AvgIpc) is 3.00. The first kappa shape index (κ1) is 24.3. The summed E-state index contributed by atoms with van der Waals surface area (Å²) in [7, 11) is 0. The van der Waals surface area contributed by atoms with Gasteiger partial charge in [0.15, 0.2) is 5.78 Å². The van der Waals surface area contributed by atoms with Gasteiger partial charge in [-0.15, -0.1) is 0 Å². The van der Waals surface area contributed by atoms with Gasteiger partial charge in [-0.05, 0) is 23.6 Å². The molecule has 0 spiro atoms. The van der Waals surface area contributed by atoms with Gasteiger partial charge in [0.2, 0.25) is 11.4 Å². The number of ketones is 1. The van der Waals surface area contributed by atoms with Crippen LogP contribution < -0.4 is 0 Å². The first-order chi connectivity index (χ1) is 16.2. The van der Waals surface area contributed by atoms with E-state index in [1.807, 2.05) is 36.4 Å². The van der Waals surface area contributed by atoms with Crippen molar-refractivity contribution in [2.45, 2.75) is 55.4 Å². The highest BCUT2D eigenvalue weighted by molar-refractivity contribution is 5.88. The summed E-state index contributed by atoms with van der Waals surface area (Å²) in [5.41, 5.74) is -3.00. The number of hydrogen-bond acceptors (Lipinski definition) is 6. The quantitative estimate of drug-likeness (QED) is 0.409. The number of aliphatic hydroxyl groups is 4. The Hall–Kier alpha value is -2.87.